The molecule has 1 fully saturated rings. The molecule has 90 valence electrons. The van der Waals surface area contributed by atoms with E-state index < -0.39 is 5.97 Å². The van der Waals surface area contributed by atoms with Crippen molar-refractivity contribution >= 4 is 12.0 Å². The summed E-state index contributed by atoms with van der Waals surface area (Å²) in [4.78, 5) is 23.5. The first-order chi connectivity index (χ1) is 7.63. The van der Waals surface area contributed by atoms with Crippen molar-refractivity contribution in [3.8, 4) is 0 Å². The van der Waals surface area contributed by atoms with Gasteiger partial charge in [0.1, 0.15) is 6.54 Å². The third-order valence-corrected chi connectivity index (χ3v) is 2.65. The lowest BCUT2D eigenvalue weighted by atomic mass is 10.2. The van der Waals surface area contributed by atoms with E-state index in [-0.39, 0.29) is 25.2 Å². The van der Waals surface area contributed by atoms with Crippen molar-refractivity contribution in [1.82, 2.24) is 10.2 Å². The second-order valence-corrected chi connectivity index (χ2v) is 3.99. The minimum absolute atomic E-state index is 0.202. The number of hydrogen-bond acceptors (Lipinski definition) is 2. The van der Waals surface area contributed by atoms with Gasteiger partial charge in [0.05, 0.1) is 0 Å². The summed E-state index contributed by atoms with van der Waals surface area (Å²) in [6.45, 7) is 3.48. The molecule has 2 N–H and O–H groups in total. The van der Waals surface area contributed by atoms with Crippen molar-refractivity contribution in [3.05, 3.63) is 12.7 Å². The molecular formula is C11H18N2O3. The Kier molecular flexibility index (Phi) is 4.82. The number of carbonyl (C=O) groups excluding carboxylic acids is 1. The third-order valence-electron chi connectivity index (χ3n) is 2.65. The Morgan fingerprint density at radius 2 is 2.06 bits per heavy atom. The summed E-state index contributed by atoms with van der Waals surface area (Å²) in [6, 6.07) is -0.109. The van der Waals surface area contributed by atoms with E-state index in [1.165, 1.54) is 11.0 Å². The number of carboxylic acid groups (broad SMARTS) is 1. The first-order valence-electron chi connectivity index (χ1n) is 5.51. The molecule has 0 saturated heterocycles. The molecule has 1 saturated carbocycles. The maximum absolute atomic E-state index is 11.7. The zero-order valence-electron chi connectivity index (χ0n) is 9.32. The van der Waals surface area contributed by atoms with Crippen molar-refractivity contribution < 1.29 is 14.7 Å². The SMILES string of the molecule is C=CCN(CC(=O)O)C(=O)NC1CCCC1. The zero-order chi connectivity index (χ0) is 12.0. The fourth-order valence-corrected chi connectivity index (χ4v) is 1.87. The van der Waals surface area contributed by atoms with Crippen LogP contribution in [-0.2, 0) is 4.79 Å². The van der Waals surface area contributed by atoms with Crippen molar-refractivity contribution in [3.63, 3.8) is 0 Å². The minimum atomic E-state index is -1.01. The van der Waals surface area contributed by atoms with E-state index in [0.29, 0.717) is 0 Å². The van der Waals surface area contributed by atoms with Gasteiger partial charge in [-0.2, -0.15) is 0 Å². The summed E-state index contributed by atoms with van der Waals surface area (Å²) in [5.41, 5.74) is 0. The van der Waals surface area contributed by atoms with Crippen LogP contribution in [0.2, 0.25) is 0 Å². The molecule has 0 aromatic heterocycles. The molecule has 2 amide bonds. The van der Waals surface area contributed by atoms with E-state index >= 15 is 0 Å². The Bertz CT molecular complexity index is 272. The van der Waals surface area contributed by atoms with Crippen LogP contribution in [0.25, 0.3) is 0 Å². The Hall–Kier alpha value is -1.52. The van der Waals surface area contributed by atoms with Crippen LogP contribution in [0.5, 0.6) is 0 Å². The van der Waals surface area contributed by atoms with Crippen LogP contribution >= 0.6 is 0 Å². The van der Waals surface area contributed by atoms with Crippen molar-refractivity contribution in [2.45, 2.75) is 31.7 Å². The monoisotopic (exact) mass is 226 g/mol. The Morgan fingerprint density at radius 3 is 2.56 bits per heavy atom. The highest BCUT2D eigenvalue weighted by molar-refractivity contribution is 5.80. The molecule has 0 unspecified atom stereocenters. The van der Waals surface area contributed by atoms with Crippen LogP contribution < -0.4 is 5.32 Å². The van der Waals surface area contributed by atoms with Gasteiger partial charge in [-0.15, -0.1) is 6.58 Å². The predicted molar refractivity (Wildman–Crippen MR) is 60.2 cm³/mol. The van der Waals surface area contributed by atoms with Gasteiger partial charge in [-0.3, -0.25) is 4.79 Å². The van der Waals surface area contributed by atoms with Gasteiger partial charge in [-0.25, -0.2) is 4.79 Å². The number of nitrogens with one attached hydrogen (secondary N) is 1. The van der Waals surface area contributed by atoms with Gasteiger partial charge in [0.15, 0.2) is 0 Å². The highest BCUT2D eigenvalue weighted by Crippen LogP contribution is 2.17. The largest absolute Gasteiger partial charge is 0.480 e. The zero-order valence-corrected chi connectivity index (χ0v) is 9.32. The summed E-state index contributed by atoms with van der Waals surface area (Å²) < 4.78 is 0. The highest BCUT2D eigenvalue weighted by Gasteiger charge is 2.21. The molecule has 0 aromatic rings. The number of urea groups is 1. The minimum Gasteiger partial charge on any atom is -0.480 e. The fraction of sp³-hybridized carbons (Fsp3) is 0.636. The van der Waals surface area contributed by atoms with E-state index in [0.717, 1.165) is 25.7 Å². The maximum Gasteiger partial charge on any atom is 0.323 e. The van der Waals surface area contributed by atoms with Gasteiger partial charge >= 0.3 is 12.0 Å². The van der Waals surface area contributed by atoms with Gasteiger partial charge in [0.25, 0.3) is 0 Å². The summed E-state index contributed by atoms with van der Waals surface area (Å²) >= 11 is 0. The molecule has 5 heteroatoms. The summed E-state index contributed by atoms with van der Waals surface area (Å²) in [5, 5.41) is 11.5. The molecule has 0 spiro atoms. The number of aliphatic carboxylic acids is 1. The van der Waals surface area contributed by atoms with Crippen LogP contribution in [0.4, 0.5) is 4.79 Å². The summed E-state index contributed by atoms with van der Waals surface area (Å²) in [7, 11) is 0. The third kappa shape index (κ3) is 3.92. The average molecular weight is 226 g/mol. The number of nitrogens with zero attached hydrogens (tertiary/aromatic N) is 1. The lowest BCUT2D eigenvalue weighted by Crippen LogP contribution is -2.46. The highest BCUT2D eigenvalue weighted by atomic mass is 16.4. The molecular weight excluding hydrogens is 208 g/mol. The molecule has 16 heavy (non-hydrogen) atoms. The smallest absolute Gasteiger partial charge is 0.323 e. The van der Waals surface area contributed by atoms with Gasteiger partial charge < -0.3 is 15.3 Å². The first kappa shape index (κ1) is 12.5. The maximum atomic E-state index is 11.7. The second kappa shape index (κ2) is 6.15. The molecule has 0 radical (unpaired) electrons. The molecule has 1 rings (SSSR count). The van der Waals surface area contributed by atoms with Crippen LogP contribution in [0.15, 0.2) is 12.7 Å². The van der Waals surface area contributed by atoms with Crippen molar-refractivity contribution in [2.24, 2.45) is 0 Å². The quantitative estimate of drug-likeness (QED) is 0.692. The Labute approximate surface area is 95.1 Å². The van der Waals surface area contributed by atoms with Crippen molar-refractivity contribution in [2.75, 3.05) is 13.1 Å². The average Bonchev–Trinajstić information content (AvgIpc) is 2.69. The Balaban J connectivity index is 2.45. The molecule has 0 aromatic carbocycles. The predicted octanol–water partition coefficient (Wildman–Crippen LogP) is 1.21. The van der Waals surface area contributed by atoms with Gasteiger partial charge in [-0.1, -0.05) is 18.9 Å². The molecule has 5 nitrogen and oxygen atoms in total. The van der Waals surface area contributed by atoms with E-state index in [1.807, 2.05) is 0 Å². The molecule has 1 aliphatic rings. The number of carbonyl (C=O) groups is 2. The molecule has 0 aliphatic heterocycles. The van der Waals surface area contributed by atoms with E-state index in [9.17, 15) is 9.59 Å². The lowest BCUT2D eigenvalue weighted by molar-refractivity contribution is -0.137. The Morgan fingerprint density at radius 1 is 1.44 bits per heavy atom. The lowest BCUT2D eigenvalue weighted by Gasteiger charge is -2.22. The second-order valence-electron chi connectivity index (χ2n) is 3.99. The van der Waals surface area contributed by atoms with Crippen LogP contribution in [-0.4, -0.2) is 41.1 Å². The normalized spacial score (nSPS) is 15.8. The molecule has 1 aliphatic carbocycles. The number of carboxylic acids is 1. The number of rotatable bonds is 5. The van der Waals surface area contributed by atoms with Crippen LogP contribution in [0.1, 0.15) is 25.7 Å². The summed E-state index contributed by atoms with van der Waals surface area (Å²) in [6.07, 6.45) is 5.76. The van der Waals surface area contributed by atoms with Gasteiger partial charge in [-0.05, 0) is 12.8 Å². The van der Waals surface area contributed by atoms with E-state index in [2.05, 4.69) is 11.9 Å². The topological polar surface area (TPSA) is 69.6 Å². The van der Waals surface area contributed by atoms with E-state index in [4.69, 9.17) is 5.11 Å². The first-order valence-corrected chi connectivity index (χ1v) is 5.51. The van der Waals surface area contributed by atoms with Crippen LogP contribution in [0, 0.1) is 0 Å². The molecule has 0 atom stereocenters. The number of amides is 2. The van der Waals surface area contributed by atoms with Crippen LogP contribution in [0.3, 0.4) is 0 Å². The summed E-state index contributed by atoms with van der Waals surface area (Å²) in [5.74, 6) is -1.01. The fourth-order valence-electron chi connectivity index (χ4n) is 1.87. The van der Waals surface area contributed by atoms with Crippen molar-refractivity contribution in [1.29, 1.82) is 0 Å². The molecule has 0 heterocycles. The van der Waals surface area contributed by atoms with Gasteiger partial charge in [0.2, 0.25) is 0 Å². The van der Waals surface area contributed by atoms with E-state index in [1.54, 1.807) is 0 Å². The standard InChI is InChI=1S/C11H18N2O3/c1-2-7-13(8-10(14)15)11(16)12-9-5-3-4-6-9/h2,9H,1,3-8H2,(H,12,16)(H,14,15). The number of hydrogen-bond donors (Lipinski definition) is 2. The van der Waals surface area contributed by atoms with Gasteiger partial charge in [0, 0.05) is 12.6 Å². The molecule has 0 bridgehead atoms.